The zero-order valence-corrected chi connectivity index (χ0v) is 12.3. The number of hydrogen-bond acceptors (Lipinski definition) is 7. The minimum absolute atomic E-state index is 0.00200. The van der Waals surface area contributed by atoms with Gasteiger partial charge >= 0.3 is 0 Å². The molecule has 0 aromatic carbocycles. The van der Waals surface area contributed by atoms with Crippen molar-refractivity contribution >= 4 is 29.4 Å². The van der Waals surface area contributed by atoms with E-state index in [-0.39, 0.29) is 17.7 Å². The second-order valence-corrected chi connectivity index (χ2v) is 5.40. The Morgan fingerprint density at radius 3 is 3.00 bits per heavy atom. The normalized spacial score (nSPS) is 12.4. The summed E-state index contributed by atoms with van der Waals surface area (Å²) in [5, 5.41) is 10.9. The third kappa shape index (κ3) is 5.74. The van der Waals surface area contributed by atoms with E-state index in [4.69, 9.17) is 9.15 Å². The van der Waals surface area contributed by atoms with Crippen LogP contribution in [-0.2, 0) is 15.3 Å². The van der Waals surface area contributed by atoms with Crippen LogP contribution in [0.5, 0.6) is 0 Å². The highest BCUT2D eigenvalue weighted by Crippen LogP contribution is 2.17. The Hall–Kier alpha value is -0.730. The number of thioether (sulfide) groups is 2. The van der Waals surface area contributed by atoms with E-state index >= 15 is 0 Å². The Morgan fingerprint density at radius 1 is 1.56 bits per heavy atom. The van der Waals surface area contributed by atoms with Crippen molar-refractivity contribution in [3.63, 3.8) is 0 Å². The first-order valence-corrected chi connectivity index (χ1v) is 7.76. The lowest BCUT2D eigenvalue weighted by Gasteiger charge is -2.11. The molecule has 0 saturated heterocycles. The van der Waals surface area contributed by atoms with Gasteiger partial charge in [-0.3, -0.25) is 4.79 Å². The van der Waals surface area contributed by atoms with Gasteiger partial charge in [0.25, 0.3) is 5.22 Å². The number of amides is 1. The molecule has 1 N–H and O–H groups in total. The Balaban J connectivity index is 2.28. The molecule has 0 saturated carbocycles. The lowest BCUT2D eigenvalue weighted by molar-refractivity contribution is -0.119. The number of carbonyl (C=O) groups excluding carboxylic acids is 1. The summed E-state index contributed by atoms with van der Waals surface area (Å²) < 4.78 is 10.3. The highest BCUT2D eigenvalue weighted by molar-refractivity contribution is 7.99. The summed E-state index contributed by atoms with van der Waals surface area (Å²) in [7, 11) is 1.60. The van der Waals surface area contributed by atoms with E-state index in [1.807, 2.05) is 13.2 Å². The summed E-state index contributed by atoms with van der Waals surface area (Å²) in [5.41, 5.74) is 0. The number of ether oxygens (including phenoxy) is 1. The summed E-state index contributed by atoms with van der Waals surface area (Å²) in [6.07, 6.45) is 1.96. The molecule has 0 aliphatic rings. The first-order valence-electron chi connectivity index (χ1n) is 5.38. The molecule has 1 aromatic heterocycles. The Labute approximate surface area is 115 Å². The molecule has 18 heavy (non-hydrogen) atoms. The van der Waals surface area contributed by atoms with Gasteiger partial charge in [-0.05, 0) is 13.2 Å². The van der Waals surface area contributed by atoms with Crippen LogP contribution in [0.1, 0.15) is 12.8 Å². The molecule has 1 amide bonds. The Morgan fingerprint density at radius 2 is 2.33 bits per heavy atom. The zero-order chi connectivity index (χ0) is 13.4. The second-order valence-electron chi connectivity index (χ2n) is 3.61. The molecule has 102 valence electrons. The minimum Gasteiger partial charge on any atom is -0.415 e. The maximum atomic E-state index is 11.6. The largest absolute Gasteiger partial charge is 0.415 e. The molecule has 1 heterocycles. The van der Waals surface area contributed by atoms with Gasteiger partial charge in [0.05, 0.1) is 18.1 Å². The second kappa shape index (κ2) is 8.39. The van der Waals surface area contributed by atoms with E-state index in [0.717, 1.165) is 0 Å². The average molecular weight is 291 g/mol. The minimum atomic E-state index is -0.0748. The molecule has 0 bridgehead atoms. The van der Waals surface area contributed by atoms with Crippen molar-refractivity contribution in [3.8, 4) is 0 Å². The van der Waals surface area contributed by atoms with Crippen molar-refractivity contribution in [3.05, 3.63) is 5.89 Å². The van der Waals surface area contributed by atoms with Gasteiger partial charge in [-0.15, -0.1) is 10.2 Å². The smallest absolute Gasteiger partial charge is 0.277 e. The molecule has 0 spiro atoms. The van der Waals surface area contributed by atoms with E-state index in [1.54, 1.807) is 18.9 Å². The zero-order valence-electron chi connectivity index (χ0n) is 10.6. The number of hydrogen-bond donors (Lipinski definition) is 1. The van der Waals surface area contributed by atoms with Crippen LogP contribution in [0.3, 0.4) is 0 Å². The van der Waals surface area contributed by atoms with Crippen LogP contribution in [0.4, 0.5) is 0 Å². The van der Waals surface area contributed by atoms with Crippen molar-refractivity contribution in [2.24, 2.45) is 0 Å². The maximum Gasteiger partial charge on any atom is 0.277 e. The molecule has 0 radical (unpaired) electrons. The van der Waals surface area contributed by atoms with Gasteiger partial charge in [-0.25, -0.2) is 0 Å². The number of methoxy groups -OCH3 is 1. The van der Waals surface area contributed by atoms with Crippen LogP contribution in [0.15, 0.2) is 9.64 Å². The fraction of sp³-hybridized carbons (Fsp3) is 0.700. The van der Waals surface area contributed by atoms with Crippen molar-refractivity contribution in [2.75, 3.05) is 25.7 Å². The van der Waals surface area contributed by atoms with E-state index in [2.05, 4.69) is 15.5 Å². The summed E-state index contributed by atoms with van der Waals surface area (Å²) in [6, 6.07) is -0.00200. The van der Waals surface area contributed by atoms with Crippen LogP contribution in [0, 0.1) is 0 Å². The first-order chi connectivity index (χ1) is 8.65. The average Bonchev–Trinajstić information content (AvgIpc) is 2.75. The van der Waals surface area contributed by atoms with Gasteiger partial charge in [0, 0.05) is 13.2 Å². The van der Waals surface area contributed by atoms with Gasteiger partial charge in [0.1, 0.15) is 0 Å². The third-order valence-electron chi connectivity index (χ3n) is 1.87. The van der Waals surface area contributed by atoms with Gasteiger partial charge in [0.15, 0.2) is 0 Å². The summed E-state index contributed by atoms with van der Waals surface area (Å²) in [5.74, 6) is 1.45. The van der Waals surface area contributed by atoms with Crippen LogP contribution < -0.4 is 5.32 Å². The molecule has 6 nitrogen and oxygen atoms in total. The molecule has 0 unspecified atom stereocenters. The summed E-state index contributed by atoms with van der Waals surface area (Å²) in [6.45, 7) is 2.38. The number of nitrogens with one attached hydrogen (secondary N) is 1. The van der Waals surface area contributed by atoms with Crippen LogP contribution >= 0.6 is 23.5 Å². The number of nitrogens with zero attached hydrogens (tertiary/aromatic N) is 2. The Bertz CT molecular complexity index is 373. The molecule has 1 atom stereocenters. The fourth-order valence-corrected chi connectivity index (χ4v) is 2.17. The van der Waals surface area contributed by atoms with Gasteiger partial charge in [0.2, 0.25) is 11.8 Å². The third-order valence-corrected chi connectivity index (χ3v) is 3.22. The number of rotatable bonds is 8. The predicted molar refractivity (Wildman–Crippen MR) is 71.7 cm³/mol. The number of aromatic nitrogens is 2. The van der Waals surface area contributed by atoms with Gasteiger partial charge in [-0.2, -0.15) is 11.8 Å². The van der Waals surface area contributed by atoms with Crippen molar-refractivity contribution in [1.82, 2.24) is 15.5 Å². The molecular weight excluding hydrogens is 274 g/mol. The van der Waals surface area contributed by atoms with Crippen molar-refractivity contribution < 1.29 is 13.9 Å². The summed E-state index contributed by atoms with van der Waals surface area (Å²) in [4.78, 5) is 11.6. The van der Waals surface area contributed by atoms with Gasteiger partial charge in [-0.1, -0.05) is 11.8 Å². The molecule has 1 aromatic rings. The van der Waals surface area contributed by atoms with Crippen LogP contribution in [-0.4, -0.2) is 47.9 Å². The monoisotopic (exact) mass is 291 g/mol. The predicted octanol–water partition coefficient (Wildman–Crippen LogP) is 1.18. The van der Waals surface area contributed by atoms with Crippen molar-refractivity contribution in [2.45, 2.75) is 23.9 Å². The molecule has 8 heteroatoms. The van der Waals surface area contributed by atoms with E-state index in [0.29, 0.717) is 23.5 Å². The van der Waals surface area contributed by atoms with E-state index in [9.17, 15) is 4.79 Å². The molecule has 1 rings (SSSR count). The fourth-order valence-electron chi connectivity index (χ4n) is 1.21. The molecule has 0 aliphatic heterocycles. The quantitative estimate of drug-likeness (QED) is 0.720. The topological polar surface area (TPSA) is 77.2 Å². The molecule has 0 aliphatic carbocycles. The number of carbonyl (C=O) groups is 1. The van der Waals surface area contributed by atoms with Crippen LogP contribution in [0.25, 0.3) is 0 Å². The Kier molecular flexibility index (Phi) is 7.14. The SMILES string of the molecule is COC[C@@H](C)NC(=O)CSc1nnc(CSC)o1. The lowest BCUT2D eigenvalue weighted by atomic mass is 10.3. The molecular formula is C10H17N3O3S2. The highest BCUT2D eigenvalue weighted by atomic mass is 32.2. The van der Waals surface area contributed by atoms with E-state index < -0.39 is 0 Å². The highest BCUT2D eigenvalue weighted by Gasteiger charge is 2.11. The lowest BCUT2D eigenvalue weighted by Crippen LogP contribution is -2.36. The van der Waals surface area contributed by atoms with Crippen LogP contribution in [0.2, 0.25) is 0 Å². The molecule has 0 fully saturated rings. The standard InChI is InChI=1S/C10H17N3O3S2/c1-7(4-15-2)11-8(14)5-18-10-13-12-9(16-10)6-17-3/h7H,4-6H2,1-3H3,(H,11,14)/t7-/m1/s1. The first kappa shape index (κ1) is 15.3. The van der Waals surface area contributed by atoms with Gasteiger partial charge < -0.3 is 14.5 Å². The summed E-state index contributed by atoms with van der Waals surface area (Å²) >= 11 is 2.84. The van der Waals surface area contributed by atoms with Crippen molar-refractivity contribution in [1.29, 1.82) is 0 Å². The van der Waals surface area contributed by atoms with E-state index in [1.165, 1.54) is 11.8 Å². The maximum absolute atomic E-state index is 11.6.